The molecular weight excluding hydrogens is 268 g/mol. The van der Waals surface area contributed by atoms with Crippen LogP contribution in [0, 0.1) is 0 Å². The van der Waals surface area contributed by atoms with Crippen LogP contribution in [0.1, 0.15) is 0 Å². The average Bonchev–Trinajstić information content (AvgIpc) is 2.40. The number of thioether (sulfide) groups is 1. The fourth-order valence-electron chi connectivity index (χ4n) is 1.32. The third-order valence-corrected chi connectivity index (χ3v) is 3.38. The molecule has 0 atom stereocenters. The first-order valence-corrected chi connectivity index (χ1v) is 6.74. The lowest BCUT2D eigenvalue weighted by Crippen LogP contribution is -2.10. The van der Waals surface area contributed by atoms with Gasteiger partial charge in [-0.25, -0.2) is 0 Å². The van der Waals surface area contributed by atoms with Crippen LogP contribution in [0.2, 0.25) is 5.02 Å². The Balaban J connectivity index is 1.84. The van der Waals surface area contributed by atoms with Crippen LogP contribution in [0.5, 0.6) is 5.75 Å². The van der Waals surface area contributed by atoms with Crippen molar-refractivity contribution in [2.75, 3.05) is 5.75 Å². The predicted octanol–water partition coefficient (Wildman–Crippen LogP) is 4.04. The summed E-state index contributed by atoms with van der Waals surface area (Å²) < 4.78 is 5.17. The van der Waals surface area contributed by atoms with E-state index in [9.17, 15) is 4.79 Å². The monoisotopic (exact) mass is 278 g/mol. The fraction of sp³-hybridized carbons (Fsp3) is 0.0714. The van der Waals surface area contributed by atoms with Crippen molar-refractivity contribution < 1.29 is 9.53 Å². The zero-order chi connectivity index (χ0) is 12.8. The van der Waals surface area contributed by atoms with Crippen molar-refractivity contribution in [1.29, 1.82) is 0 Å². The third-order valence-electron chi connectivity index (χ3n) is 2.15. The Bertz CT molecular complexity index is 511. The molecule has 0 bridgehead atoms. The van der Waals surface area contributed by atoms with Gasteiger partial charge in [-0.1, -0.05) is 29.8 Å². The maximum Gasteiger partial charge on any atom is 0.321 e. The lowest BCUT2D eigenvalue weighted by molar-refractivity contribution is -0.131. The lowest BCUT2D eigenvalue weighted by Gasteiger charge is -2.04. The molecule has 0 fully saturated rings. The first-order valence-electron chi connectivity index (χ1n) is 5.38. The van der Waals surface area contributed by atoms with E-state index < -0.39 is 0 Å². The number of hydrogen-bond acceptors (Lipinski definition) is 3. The second-order valence-corrected chi connectivity index (χ2v) is 5.01. The summed E-state index contributed by atoms with van der Waals surface area (Å²) in [7, 11) is 0. The first kappa shape index (κ1) is 13.0. The second kappa shape index (κ2) is 6.47. The lowest BCUT2D eigenvalue weighted by atomic mass is 10.3. The third kappa shape index (κ3) is 4.09. The van der Waals surface area contributed by atoms with Gasteiger partial charge in [-0.2, -0.15) is 0 Å². The normalized spacial score (nSPS) is 10.1. The second-order valence-electron chi connectivity index (χ2n) is 3.53. The van der Waals surface area contributed by atoms with Gasteiger partial charge in [0.05, 0.1) is 5.75 Å². The van der Waals surface area contributed by atoms with Crippen LogP contribution in [0.4, 0.5) is 0 Å². The summed E-state index contributed by atoms with van der Waals surface area (Å²) in [5, 5.41) is 0.619. The minimum atomic E-state index is -0.272. The van der Waals surface area contributed by atoms with Gasteiger partial charge in [0.1, 0.15) is 5.75 Å². The maximum atomic E-state index is 11.6. The van der Waals surface area contributed by atoms with E-state index in [1.807, 2.05) is 30.3 Å². The number of carbonyl (C=O) groups excluding carboxylic acids is 1. The Kier molecular flexibility index (Phi) is 4.67. The highest BCUT2D eigenvalue weighted by atomic mass is 35.5. The van der Waals surface area contributed by atoms with E-state index >= 15 is 0 Å². The minimum Gasteiger partial charge on any atom is -0.426 e. The van der Waals surface area contributed by atoms with E-state index in [0.29, 0.717) is 10.8 Å². The van der Waals surface area contributed by atoms with Crippen molar-refractivity contribution in [3.8, 4) is 5.75 Å². The van der Waals surface area contributed by atoms with Crippen LogP contribution >= 0.6 is 23.4 Å². The molecule has 0 saturated carbocycles. The molecule has 0 spiro atoms. The van der Waals surface area contributed by atoms with Gasteiger partial charge in [0.15, 0.2) is 0 Å². The average molecular weight is 279 g/mol. The zero-order valence-corrected chi connectivity index (χ0v) is 11.1. The Morgan fingerprint density at radius 2 is 1.72 bits per heavy atom. The Morgan fingerprint density at radius 3 is 2.39 bits per heavy atom. The van der Waals surface area contributed by atoms with Crippen molar-refractivity contribution in [1.82, 2.24) is 0 Å². The molecule has 2 aromatic carbocycles. The van der Waals surface area contributed by atoms with Gasteiger partial charge in [-0.3, -0.25) is 4.79 Å². The van der Waals surface area contributed by atoms with E-state index in [4.69, 9.17) is 16.3 Å². The van der Waals surface area contributed by atoms with Crippen LogP contribution in [-0.4, -0.2) is 11.7 Å². The predicted molar refractivity (Wildman–Crippen MR) is 74.3 cm³/mol. The highest BCUT2D eigenvalue weighted by Crippen LogP contribution is 2.19. The summed E-state index contributed by atoms with van der Waals surface area (Å²) in [6.07, 6.45) is 0. The highest BCUT2D eigenvalue weighted by molar-refractivity contribution is 8.00. The van der Waals surface area contributed by atoms with E-state index in [1.54, 1.807) is 24.3 Å². The number of hydrogen-bond donors (Lipinski definition) is 0. The summed E-state index contributed by atoms with van der Waals surface area (Å²) in [6, 6.07) is 16.5. The molecule has 0 aromatic heterocycles. The quantitative estimate of drug-likeness (QED) is 0.480. The van der Waals surface area contributed by atoms with Crippen molar-refractivity contribution in [3.63, 3.8) is 0 Å². The molecule has 0 radical (unpaired) electrons. The molecule has 0 amide bonds. The van der Waals surface area contributed by atoms with Gasteiger partial charge in [-0.05, 0) is 36.4 Å². The standard InChI is InChI=1S/C14H11ClO2S/c15-11-6-8-12(9-7-11)17-14(16)10-18-13-4-2-1-3-5-13/h1-9H,10H2. The number of carbonyl (C=O) groups is 1. The Hall–Kier alpha value is -1.45. The molecule has 2 rings (SSSR count). The maximum absolute atomic E-state index is 11.6. The van der Waals surface area contributed by atoms with Crippen LogP contribution < -0.4 is 4.74 Å². The topological polar surface area (TPSA) is 26.3 Å². The van der Waals surface area contributed by atoms with E-state index in [-0.39, 0.29) is 11.7 Å². The first-order chi connectivity index (χ1) is 8.74. The summed E-state index contributed by atoms with van der Waals surface area (Å²) in [5.41, 5.74) is 0. The molecule has 18 heavy (non-hydrogen) atoms. The zero-order valence-electron chi connectivity index (χ0n) is 9.51. The van der Waals surface area contributed by atoms with Crippen molar-refractivity contribution >= 4 is 29.3 Å². The van der Waals surface area contributed by atoms with E-state index in [1.165, 1.54) is 11.8 Å². The number of esters is 1. The van der Waals surface area contributed by atoms with Gasteiger partial charge >= 0.3 is 5.97 Å². The minimum absolute atomic E-state index is 0.272. The van der Waals surface area contributed by atoms with Crippen LogP contribution in [-0.2, 0) is 4.79 Å². The van der Waals surface area contributed by atoms with Crippen LogP contribution in [0.3, 0.4) is 0 Å². The van der Waals surface area contributed by atoms with Gasteiger partial charge in [-0.15, -0.1) is 11.8 Å². The fourth-order valence-corrected chi connectivity index (χ4v) is 2.14. The summed E-state index contributed by atoms with van der Waals surface area (Å²) in [4.78, 5) is 12.6. The Morgan fingerprint density at radius 1 is 1.06 bits per heavy atom. The van der Waals surface area contributed by atoms with Gasteiger partial charge < -0.3 is 4.74 Å². The van der Waals surface area contributed by atoms with Crippen molar-refractivity contribution in [2.24, 2.45) is 0 Å². The highest BCUT2D eigenvalue weighted by Gasteiger charge is 2.05. The summed E-state index contributed by atoms with van der Waals surface area (Å²) in [5.74, 6) is 0.524. The van der Waals surface area contributed by atoms with E-state index in [2.05, 4.69) is 0 Å². The van der Waals surface area contributed by atoms with Crippen LogP contribution in [0.25, 0.3) is 0 Å². The molecule has 4 heteroatoms. The van der Waals surface area contributed by atoms with Gasteiger partial charge in [0.25, 0.3) is 0 Å². The molecule has 0 unspecified atom stereocenters. The number of rotatable bonds is 4. The molecule has 0 aliphatic rings. The molecule has 0 aliphatic heterocycles. The molecule has 0 N–H and O–H groups in total. The van der Waals surface area contributed by atoms with Crippen molar-refractivity contribution in [3.05, 3.63) is 59.6 Å². The largest absolute Gasteiger partial charge is 0.426 e. The number of halogens is 1. The molecule has 0 heterocycles. The smallest absolute Gasteiger partial charge is 0.321 e. The summed E-state index contributed by atoms with van der Waals surface area (Å²) in [6.45, 7) is 0. The molecule has 0 saturated heterocycles. The van der Waals surface area contributed by atoms with Crippen LogP contribution in [0.15, 0.2) is 59.5 Å². The van der Waals surface area contributed by atoms with Gasteiger partial charge in [0.2, 0.25) is 0 Å². The molecule has 2 nitrogen and oxygen atoms in total. The van der Waals surface area contributed by atoms with E-state index in [0.717, 1.165) is 4.90 Å². The molecular formula is C14H11ClO2S. The SMILES string of the molecule is O=C(CSc1ccccc1)Oc1ccc(Cl)cc1. The van der Waals surface area contributed by atoms with Crippen molar-refractivity contribution in [2.45, 2.75) is 4.90 Å². The van der Waals surface area contributed by atoms with Gasteiger partial charge in [0, 0.05) is 9.92 Å². The number of ether oxygens (including phenoxy) is 1. The number of benzene rings is 2. The molecule has 0 aliphatic carbocycles. The Labute approximate surface area is 115 Å². The molecule has 2 aromatic rings. The summed E-state index contributed by atoms with van der Waals surface area (Å²) >= 11 is 7.20. The molecule has 92 valence electrons.